The maximum absolute atomic E-state index is 9.99. The van der Waals surface area contributed by atoms with E-state index >= 15 is 0 Å². The molecule has 2 rings (SSSR count). The Morgan fingerprint density at radius 2 is 1.36 bits per heavy atom. The molecule has 0 unspecified atom stereocenters. The highest BCUT2D eigenvalue weighted by Gasteiger charge is 2.15. The Bertz CT molecular complexity index is 799. The minimum Gasteiger partial charge on any atom is -0.508 e. The first-order chi connectivity index (χ1) is 13.4. The van der Waals surface area contributed by atoms with Crippen molar-refractivity contribution in [3.05, 3.63) is 59.7 Å². The van der Waals surface area contributed by atoms with E-state index in [9.17, 15) is 10.2 Å². The number of benzene rings is 2. The number of hydrogen-bond acceptors (Lipinski definition) is 6. The molecule has 2 N–H and O–H groups in total. The zero-order valence-electron chi connectivity index (χ0n) is 15.9. The number of phenols is 2. The highest BCUT2D eigenvalue weighted by molar-refractivity contribution is 8.89. The number of para-hydroxylation sites is 1. The van der Waals surface area contributed by atoms with Crippen LogP contribution >= 0.6 is 46.0 Å². The summed E-state index contributed by atoms with van der Waals surface area (Å²) in [4.78, 5) is 4.14. The van der Waals surface area contributed by atoms with Crippen LogP contribution < -0.4 is 0 Å². The van der Waals surface area contributed by atoms with E-state index in [1.165, 1.54) is 21.6 Å². The van der Waals surface area contributed by atoms with Gasteiger partial charge in [0.2, 0.25) is 0 Å². The molecule has 0 saturated heterocycles. The molecule has 0 fully saturated rings. The van der Waals surface area contributed by atoms with E-state index in [1.807, 2.05) is 42.2 Å². The molecule has 0 aliphatic rings. The lowest BCUT2D eigenvalue weighted by Gasteiger charge is -2.25. The Morgan fingerprint density at radius 3 is 1.89 bits per heavy atom. The van der Waals surface area contributed by atoms with Crippen molar-refractivity contribution in [2.45, 2.75) is 26.9 Å². The van der Waals surface area contributed by atoms with E-state index in [1.54, 1.807) is 18.2 Å². The molecule has 28 heavy (non-hydrogen) atoms. The predicted octanol–water partition coefficient (Wildman–Crippen LogP) is 5.39. The SMILES string of the molecule is CCN(Cc1ccc(O)cc1)C(=S)SSC(=S)N(CC)Cc1ccccc1O. The van der Waals surface area contributed by atoms with Gasteiger partial charge in [-0.3, -0.25) is 0 Å². The summed E-state index contributed by atoms with van der Waals surface area (Å²) in [5.41, 5.74) is 1.94. The molecule has 0 aromatic heterocycles. The molecule has 0 bridgehead atoms. The number of hydrogen-bond donors (Lipinski definition) is 2. The lowest BCUT2D eigenvalue weighted by atomic mass is 10.2. The van der Waals surface area contributed by atoms with Gasteiger partial charge in [-0.1, -0.05) is 54.8 Å². The Labute approximate surface area is 185 Å². The van der Waals surface area contributed by atoms with Gasteiger partial charge >= 0.3 is 0 Å². The van der Waals surface area contributed by atoms with Gasteiger partial charge in [0.05, 0.1) is 0 Å². The smallest absolute Gasteiger partial charge is 0.147 e. The van der Waals surface area contributed by atoms with Crippen LogP contribution in [0.1, 0.15) is 25.0 Å². The second kappa shape index (κ2) is 11.5. The minimum absolute atomic E-state index is 0.258. The van der Waals surface area contributed by atoms with Crippen LogP contribution in [-0.4, -0.2) is 41.7 Å². The number of phenolic OH excluding ortho intramolecular Hbond substituents is 2. The zero-order valence-corrected chi connectivity index (χ0v) is 19.1. The molecular formula is C20H24N2O2S4. The fraction of sp³-hybridized carbons (Fsp3) is 0.300. The first kappa shape index (κ1) is 22.8. The van der Waals surface area contributed by atoms with Gasteiger partial charge in [-0.2, -0.15) is 0 Å². The van der Waals surface area contributed by atoms with Gasteiger partial charge in [0, 0.05) is 31.7 Å². The Morgan fingerprint density at radius 1 is 0.821 bits per heavy atom. The van der Waals surface area contributed by atoms with Gasteiger partial charge in [0.25, 0.3) is 0 Å². The zero-order chi connectivity index (χ0) is 20.5. The molecule has 0 spiro atoms. The number of thiocarbonyl (C=S) groups is 2. The van der Waals surface area contributed by atoms with Crippen molar-refractivity contribution < 1.29 is 10.2 Å². The topological polar surface area (TPSA) is 46.9 Å². The molecule has 0 heterocycles. The summed E-state index contributed by atoms with van der Waals surface area (Å²) in [7, 11) is 2.95. The minimum atomic E-state index is 0.258. The lowest BCUT2D eigenvalue weighted by molar-refractivity contribution is 0.421. The maximum atomic E-state index is 9.99. The van der Waals surface area contributed by atoms with E-state index in [4.69, 9.17) is 24.4 Å². The van der Waals surface area contributed by atoms with Crippen molar-refractivity contribution >= 4 is 54.7 Å². The quantitative estimate of drug-likeness (QED) is 0.447. The molecule has 0 aliphatic heterocycles. The van der Waals surface area contributed by atoms with Crippen LogP contribution in [0.25, 0.3) is 0 Å². The molecule has 2 aromatic carbocycles. The maximum Gasteiger partial charge on any atom is 0.147 e. The van der Waals surface area contributed by atoms with Gasteiger partial charge < -0.3 is 20.0 Å². The summed E-state index contributed by atoms with van der Waals surface area (Å²) in [5.74, 6) is 0.539. The summed E-state index contributed by atoms with van der Waals surface area (Å²) in [6.07, 6.45) is 0. The molecule has 0 atom stereocenters. The highest BCUT2D eigenvalue weighted by atomic mass is 33.1. The third-order valence-corrected chi connectivity index (χ3v) is 7.86. The van der Waals surface area contributed by atoms with Crippen LogP contribution in [0, 0.1) is 0 Å². The molecule has 150 valence electrons. The van der Waals surface area contributed by atoms with Crippen LogP contribution in [0.5, 0.6) is 11.5 Å². The van der Waals surface area contributed by atoms with Crippen LogP contribution in [0.3, 0.4) is 0 Å². The average Bonchev–Trinajstić information content (AvgIpc) is 2.70. The second-order valence-electron chi connectivity index (χ2n) is 6.02. The Balaban J connectivity index is 1.90. The van der Waals surface area contributed by atoms with Crippen molar-refractivity contribution in [1.29, 1.82) is 0 Å². The van der Waals surface area contributed by atoms with Crippen molar-refractivity contribution in [3.63, 3.8) is 0 Å². The van der Waals surface area contributed by atoms with Crippen molar-refractivity contribution in [2.24, 2.45) is 0 Å². The number of aromatic hydroxyl groups is 2. The van der Waals surface area contributed by atoms with Crippen LogP contribution in [0.4, 0.5) is 0 Å². The van der Waals surface area contributed by atoms with Gasteiger partial charge in [0.1, 0.15) is 20.1 Å². The Hall–Kier alpha value is -1.48. The molecule has 0 amide bonds. The third kappa shape index (κ3) is 6.84. The van der Waals surface area contributed by atoms with E-state index in [0.29, 0.717) is 13.1 Å². The van der Waals surface area contributed by atoms with Crippen molar-refractivity contribution in [1.82, 2.24) is 9.80 Å². The molecule has 4 nitrogen and oxygen atoms in total. The summed E-state index contributed by atoms with van der Waals surface area (Å²) >= 11 is 11.2. The van der Waals surface area contributed by atoms with Gasteiger partial charge in [-0.05, 0) is 59.2 Å². The van der Waals surface area contributed by atoms with Crippen LogP contribution in [-0.2, 0) is 13.1 Å². The molecule has 0 saturated carbocycles. The van der Waals surface area contributed by atoms with Crippen molar-refractivity contribution in [2.75, 3.05) is 13.1 Å². The third-order valence-electron chi connectivity index (χ3n) is 4.13. The molecule has 8 heteroatoms. The van der Waals surface area contributed by atoms with E-state index in [0.717, 1.165) is 32.9 Å². The number of rotatable bonds is 6. The lowest BCUT2D eigenvalue weighted by Crippen LogP contribution is -2.28. The van der Waals surface area contributed by atoms with Crippen LogP contribution in [0.2, 0.25) is 0 Å². The first-order valence-corrected chi connectivity index (χ1v) is 11.9. The van der Waals surface area contributed by atoms with Gasteiger partial charge in [0.15, 0.2) is 0 Å². The number of nitrogens with zero attached hydrogens (tertiary/aromatic N) is 2. The fourth-order valence-electron chi connectivity index (χ4n) is 2.46. The van der Waals surface area contributed by atoms with Crippen LogP contribution in [0.15, 0.2) is 48.5 Å². The second-order valence-corrected chi connectivity index (χ2v) is 9.42. The molecular weight excluding hydrogens is 429 g/mol. The molecule has 0 radical (unpaired) electrons. The monoisotopic (exact) mass is 452 g/mol. The fourth-order valence-corrected chi connectivity index (χ4v) is 5.26. The molecule has 0 aliphatic carbocycles. The largest absolute Gasteiger partial charge is 0.508 e. The van der Waals surface area contributed by atoms with Gasteiger partial charge in [-0.15, -0.1) is 0 Å². The van der Waals surface area contributed by atoms with Crippen molar-refractivity contribution in [3.8, 4) is 11.5 Å². The highest BCUT2D eigenvalue weighted by Crippen LogP contribution is 2.30. The summed E-state index contributed by atoms with van der Waals surface area (Å²) in [6, 6.07) is 14.5. The standard InChI is InChI=1S/C20H24N2O2S4/c1-3-21(13-15-9-11-17(23)12-10-15)19(25)27-28-20(26)22(4-2)14-16-7-5-6-8-18(16)24/h5-12,23-24H,3-4,13-14H2,1-2H3. The van der Waals surface area contributed by atoms with E-state index < -0.39 is 0 Å². The first-order valence-electron chi connectivity index (χ1n) is 8.91. The summed E-state index contributed by atoms with van der Waals surface area (Å²) in [5, 5.41) is 19.4. The molecule has 2 aromatic rings. The Kier molecular flexibility index (Phi) is 9.37. The summed E-state index contributed by atoms with van der Waals surface area (Å²) < 4.78 is 1.50. The average molecular weight is 453 g/mol. The van der Waals surface area contributed by atoms with E-state index in [-0.39, 0.29) is 11.5 Å². The normalized spacial score (nSPS) is 10.5. The predicted molar refractivity (Wildman–Crippen MR) is 129 cm³/mol. The van der Waals surface area contributed by atoms with E-state index in [2.05, 4.69) is 11.8 Å². The summed E-state index contributed by atoms with van der Waals surface area (Å²) in [6.45, 7) is 6.89. The van der Waals surface area contributed by atoms with Gasteiger partial charge in [-0.25, -0.2) is 0 Å².